The summed E-state index contributed by atoms with van der Waals surface area (Å²) < 4.78 is 223. The van der Waals surface area contributed by atoms with Gasteiger partial charge in [0, 0.05) is 53.1 Å². The van der Waals surface area contributed by atoms with Gasteiger partial charge < -0.3 is 18.9 Å². The summed E-state index contributed by atoms with van der Waals surface area (Å²) in [6, 6.07) is 56.1. The van der Waals surface area contributed by atoms with Crippen LogP contribution in [0.4, 0.5) is 34.6 Å². The lowest BCUT2D eigenvalue weighted by atomic mass is 10.1. The Labute approximate surface area is 649 Å². The maximum absolute atomic E-state index is 13.6. The normalized spacial score (nSPS) is 14.4. The van der Waals surface area contributed by atoms with Crippen LogP contribution in [-0.4, -0.2) is 108 Å². The van der Waals surface area contributed by atoms with Gasteiger partial charge in [-0.25, -0.2) is 98.2 Å². The predicted octanol–water partition coefficient (Wildman–Crippen LogP) is 15.3. The largest absolute Gasteiger partial charge is 0.643 e. The molecule has 16 rings (SSSR count). The van der Waals surface area contributed by atoms with Gasteiger partial charge in [0.15, 0.2) is 23.0 Å². The Kier molecular flexibility index (Phi) is 27.5. The van der Waals surface area contributed by atoms with E-state index >= 15 is 0 Å². The number of nitrogens with zero attached hydrogens (tertiary/aromatic N) is 3. The fourth-order valence-corrected chi connectivity index (χ4v) is 19.3. The summed E-state index contributed by atoms with van der Waals surface area (Å²) >= 11 is -1.72. The van der Waals surface area contributed by atoms with Gasteiger partial charge >= 0.3 is 11.4 Å². The van der Waals surface area contributed by atoms with Crippen molar-refractivity contribution in [2.24, 2.45) is 0 Å². The van der Waals surface area contributed by atoms with Crippen LogP contribution in [0.2, 0.25) is 0 Å². The molecule has 0 spiro atoms. The molecule has 0 N–H and O–H groups in total. The summed E-state index contributed by atoms with van der Waals surface area (Å²) in [6.45, 7) is 2.57. The van der Waals surface area contributed by atoms with Crippen LogP contribution < -0.4 is 31.9 Å². The van der Waals surface area contributed by atoms with Crippen molar-refractivity contribution in [1.29, 1.82) is 0 Å². The highest BCUT2D eigenvalue weighted by Crippen LogP contribution is 2.40. The number of anilines is 3. The van der Waals surface area contributed by atoms with Crippen LogP contribution in [0.15, 0.2) is 259 Å². The van der Waals surface area contributed by atoms with E-state index in [0.29, 0.717) is 104 Å². The molecule has 0 aromatic heterocycles. The van der Waals surface area contributed by atoms with E-state index in [1.54, 1.807) is 41.5 Å². The molecular weight excluding hydrogens is 1650 g/mol. The van der Waals surface area contributed by atoms with E-state index in [4.69, 9.17) is 70.5 Å². The first-order valence-corrected chi connectivity index (χ1v) is 48.2. The van der Waals surface area contributed by atoms with Crippen molar-refractivity contribution in [3.05, 3.63) is 276 Å². The first kappa shape index (κ1) is 82.7. The Bertz CT molecular complexity index is 5520. The summed E-state index contributed by atoms with van der Waals surface area (Å²) in [6.07, 6.45) is 5.68. The standard InChI is InChI=1S/C22H18FNO6S2.2C14H12FNO2S.C9H10.C8H7ClO4S.C6H4ClFO2S.Al.3ClH/c23-16-2-1-3-19(13-16)32(27,28)24-9-8-15-12-17(4-6-20(15)24)31(25,26)18-5-7-21-22(14-18)30-11-10-29-21;2*15-12-5-3-6-13(10-12)19(17,18)16-9-8-11-4-1-2-7-14(11)16;1-2-5-9-7-3-6-8(9)4-1;9-14(10,11)6-1-2-7-8(5-6)13-4-3-12-7;7-11(9,10)6-3-1-2-5(8)4-6;;;;/h1-7,12-14H,8-11H2;2*1-7,10H,8-9H2;1-2,4-5H,3,6-7H2;1-2,5H,3-4H2;1-4H;;3*1H/q;;;;;;+3;;;/p-3. The molecule has 6 aliphatic rings. The van der Waals surface area contributed by atoms with Gasteiger partial charge in [-0.1, -0.05) is 84.9 Å². The highest BCUT2D eigenvalue weighted by molar-refractivity contribution is 8.14. The van der Waals surface area contributed by atoms with Crippen LogP contribution in [0.1, 0.15) is 34.2 Å². The van der Waals surface area contributed by atoms with Crippen molar-refractivity contribution in [2.45, 2.75) is 72.8 Å². The third-order valence-electron chi connectivity index (χ3n) is 16.8. The number of hydrogen-bond acceptors (Lipinski definition) is 16. The quantitative estimate of drug-likeness (QED) is 0.0701. The Morgan fingerprint density at radius 3 is 0.972 bits per heavy atom. The molecule has 5 heterocycles. The highest BCUT2D eigenvalue weighted by atomic mass is 35.8. The van der Waals surface area contributed by atoms with Gasteiger partial charge in [-0.3, -0.25) is 12.9 Å². The van der Waals surface area contributed by atoms with Gasteiger partial charge in [0.2, 0.25) is 9.84 Å². The van der Waals surface area contributed by atoms with Crippen molar-refractivity contribution in [3.8, 4) is 23.0 Å². The molecule has 0 atom stereocenters. The molecule has 0 unspecified atom stereocenters. The molecule has 10 aromatic rings. The van der Waals surface area contributed by atoms with Crippen molar-refractivity contribution in [3.63, 3.8) is 0 Å². The molecule has 0 fully saturated rings. The van der Waals surface area contributed by atoms with Gasteiger partial charge in [0.1, 0.15) is 49.7 Å². The lowest BCUT2D eigenvalue weighted by Crippen LogP contribution is -2.29. The average molecular weight is 1710 g/mol. The lowest BCUT2D eigenvalue weighted by molar-refractivity contribution is 0.171. The minimum atomic E-state index is -3.97. The first-order chi connectivity index (χ1) is 51.2. The van der Waals surface area contributed by atoms with Crippen molar-refractivity contribution in [1.82, 2.24) is 0 Å². The van der Waals surface area contributed by atoms with Crippen LogP contribution in [0.5, 0.6) is 23.0 Å². The highest BCUT2D eigenvalue weighted by Gasteiger charge is 2.35. The summed E-state index contributed by atoms with van der Waals surface area (Å²) in [5, 5.41) is 0. The summed E-state index contributed by atoms with van der Waals surface area (Å²) in [5.74, 6) is -0.549. The van der Waals surface area contributed by atoms with Gasteiger partial charge in [0.25, 0.3) is 48.2 Å². The molecule has 0 saturated heterocycles. The molecule has 5 aliphatic heterocycles. The lowest BCUT2D eigenvalue weighted by Gasteiger charge is -2.20. The Morgan fingerprint density at radius 2 is 0.593 bits per heavy atom. The third kappa shape index (κ3) is 20.8. The molecule has 0 bridgehead atoms. The monoisotopic (exact) mass is 1710 g/mol. The zero-order valence-electron chi connectivity index (χ0n) is 56.4. The molecule has 1 aliphatic carbocycles. The number of fused-ring (bicyclic) bond motifs is 6. The topological polar surface area (TPSA) is 251 Å². The van der Waals surface area contributed by atoms with Crippen molar-refractivity contribution < 1.29 is 87.0 Å². The number of sulfone groups is 1. The summed E-state index contributed by atoms with van der Waals surface area (Å²) in [4.78, 5) is -0.267. The molecule has 19 nitrogen and oxygen atoms in total. The van der Waals surface area contributed by atoms with Gasteiger partial charge in [0.05, 0.1) is 51.3 Å². The number of halogens is 9. The van der Waals surface area contributed by atoms with Crippen LogP contribution in [0, 0.1) is 23.3 Å². The molecule has 35 heteroatoms. The number of rotatable bonds is 10. The summed E-state index contributed by atoms with van der Waals surface area (Å²) in [5.41, 5.74) is 7.48. The van der Waals surface area contributed by atoms with E-state index in [1.165, 1.54) is 147 Å². The van der Waals surface area contributed by atoms with Crippen LogP contribution in [-0.2, 0) is 90.1 Å². The van der Waals surface area contributed by atoms with E-state index in [2.05, 4.69) is 24.3 Å². The fourth-order valence-electron chi connectivity index (χ4n) is 11.8. The zero-order valence-corrected chi connectivity index (χ0v) is 66.2. The van der Waals surface area contributed by atoms with E-state index in [1.807, 2.05) is 24.3 Å². The number of sulfonamides is 3. The zero-order chi connectivity index (χ0) is 77.8. The van der Waals surface area contributed by atoms with E-state index < -0.39 is 92.7 Å². The second-order valence-electron chi connectivity index (χ2n) is 23.7. The number of ether oxygens (including phenoxy) is 4. The molecular formula is C73H63AlCl5F4N3O16S6. The maximum Gasteiger partial charge on any atom is 0.643 e. The first-order valence-electron chi connectivity index (χ1n) is 32.5. The SMILES string of the molecule is O=S(=O)(Cl)c1ccc2c(c1)OCCO2.O=S(=O)(Cl)c1cccc(F)c1.O=S(=O)(c1ccc2c(c1)CCN2S(=O)(=O)c1cccc(F)c1)c1ccc2c(c1)OCCO2.O=S(=O)(c1cccc(F)c1)N1CCc2ccccc21.O=S(=O)(c1cccc(F)c1)N1CCc2ccccc21.[Cl][Al]([Cl])[Cl].c1ccc2c(c1)CCC2. The van der Waals surface area contributed by atoms with Crippen LogP contribution >= 0.6 is 51.5 Å². The molecule has 0 radical (unpaired) electrons. The van der Waals surface area contributed by atoms with Gasteiger partial charge in [-0.15, -0.1) is 0 Å². The summed E-state index contributed by atoms with van der Waals surface area (Å²) in [7, 11) is 2.26. The van der Waals surface area contributed by atoms with Gasteiger partial charge in [-0.2, -0.15) is 0 Å². The average Bonchev–Trinajstić information content (AvgIpc) is 1.68. The number of aryl methyl sites for hydroxylation is 2. The van der Waals surface area contributed by atoms with E-state index in [0.717, 1.165) is 41.5 Å². The molecule has 0 amide bonds. The van der Waals surface area contributed by atoms with Gasteiger partial charge in [-0.05, 0) is 194 Å². The second kappa shape index (κ2) is 35.9. The fraction of sp³-hybridized carbons (Fsp3) is 0.178. The molecule has 10 aromatic carbocycles. The van der Waals surface area contributed by atoms with Crippen molar-refractivity contribution in [2.75, 3.05) is 59.0 Å². The number of hydrogen-bond donors (Lipinski definition) is 0. The molecule has 108 heavy (non-hydrogen) atoms. The molecule has 0 saturated carbocycles. The third-order valence-corrected chi connectivity index (χ3v) is 26.6. The smallest absolute Gasteiger partial charge is 0.486 e. The predicted molar refractivity (Wildman–Crippen MR) is 408 cm³/mol. The van der Waals surface area contributed by atoms with Crippen molar-refractivity contribution >= 4 is 138 Å². The molecule has 568 valence electrons. The second-order valence-corrected chi connectivity index (χ2v) is 42.8. The van der Waals surface area contributed by atoms with E-state index in [-0.39, 0.29) is 40.8 Å². The number of benzene rings is 10. The minimum absolute atomic E-state index is 0.01000. The maximum atomic E-state index is 13.6. The van der Waals surface area contributed by atoms with Crippen LogP contribution in [0.3, 0.4) is 0 Å². The van der Waals surface area contributed by atoms with Crippen LogP contribution in [0.25, 0.3) is 0 Å². The number of para-hydroxylation sites is 2. The Hall–Kier alpha value is -7.80. The Morgan fingerprint density at radius 1 is 0.296 bits per heavy atom. The van der Waals surface area contributed by atoms with E-state index in [9.17, 15) is 68.1 Å². The Balaban J connectivity index is 0.000000143. The minimum Gasteiger partial charge on any atom is -0.486 e.